The Morgan fingerprint density at radius 2 is 1.76 bits per heavy atom. The zero-order chi connectivity index (χ0) is 12.9. The molecule has 3 N–H and O–H groups in total. The summed E-state index contributed by atoms with van der Waals surface area (Å²) in [4.78, 5) is 18.6. The van der Waals surface area contributed by atoms with Crippen LogP contribution in [0.15, 0.2) is 11.0 Å². The van der Waals surface area contributed by atoms with E-state index in [-0.39, 0.29) is 5.31 Å². The van der Waals surface area contributed by atoms with Crippen molar-refractivity contribution in [2.24, 2.45) is 0 Å². The van der Waals surface area contributed by atoms with Gasteiger partial charge in [-0.2, -0.15) is 0 Å². The molecule has 1 rings (SSSR count). The molecular weight excluding hydrogens is 237 g/mol. The number of rotatable bonds is 5. The van der Waals surface area contributed by atoms with E-state index in [1.54, 1.807) is 6.92 Å². The highest BCUT2D eigenvalue weighted by Gasteiger charge is 2.24. The van der Waals surface area contributed by atoms with Crippen molar-refractivity contribution in [3.05, 3.63) is 11.0 Å². The quantitative estimate of drug-likeness (QED) is 0.665. The van der Waals surface area contributed by atoms with Crippen molar-refractivity contribution in [3.8, 4) is 0 Å². The molecule has 0 aliphatic heterocycles. The maximum Gasteiger partial charge on any atom is 0.353 e. The van der Waals surface area contributed by atoms with E-state index in [1.807, 2.05) is 6.92 Å². The van der Waals surface area contributed by atoms with Crippen LogP contribution in [0.4, 0.5) is 0 Å². The maximum absolute atomic E-state index is 11.4. The molecule has 0 spiro atoms. The van der Waals surface area contributed by atoms with Crippen molar-refractivity contribution in [1.82, 2.24) is 5.32 Å². The van der Waals surface area contributed by atoms with E-state index >= 15 is 0 Å². The summed E-state index contributed by atoms with van der Waals surface area (Å²) in [5, 5.41) is 3.63. The molecule has 100 valence electrons. The maximum atomic E-state index is 11.4. The molecule has 0 aromatic rings. The highest BCUT2D eigenvalue weighted by molar-refractivity contribution is 7.56. The number of allylic oxidation sites excluding steroid dienone is 2. The van der Waals surface area contributed by atoms with Crippen LogP contribution in [0.25, 0.3) is 0 Å². The summed E-state index contributed by atoms with van der Waals surface area (Å²) < 4.78 is 11.4. The number of hydrogen-bond donors (Lipinski definition) is 3. The van der Waals surface area contributed by atoms with E-state index in [9.17, 15) is 14.4 Å². The van der Waals surface area contributed by atoms with Crippen LogP contribution in [-0.2, 0) is 4.57 Å². The summed E-state index contributed by atoms with van der Waals surface area (Å²) in [5.41, 5.74) is 0.757. The Labute approximate surface area is 104 Å². The lowest BCUT2D eigenvalue weighted by Crippen LogP contribution is -2.31. The van der Waals surface area contributed by atoms with E-state index in [2.05, 4.69) is 5.32 Å². The van der Waals surface area contributed by atoms with Crippen LogP contribution in [0.3, 0.4) is 0 Å². The van der Waals surface area contributed by atoms with Gasteiger partial charge >= 0.3 is 7.60 Å². The van der Waals surface area contributed by atoms with Crippen molar-refractivity contribution in [2.45, 2.75) is 64.8 Å². The van der Waals surface area contributed by atoms with Crippen LogP contribution >= 0.6 is 7.60 Å². The second-order valence-corrected chi connectivity index (χ2v) is 6.28. The van der Waals surface area contributed by atoms with Crippen LogP contribution in [0, 0.1) is 0 Å². The molecule has 0 unspecified atom stereocenters. The monoisotopic (exact) mass is 261 g/mol. The third-order valence-electron chi connectivity index (χ3n) is 3.37. The molecule has 1 saturated carbocycles. The van der Waals surface area contributed by atoms with Gasteiger partial charge < -0.3 is 15.1 Å². The summed E-state index contributed by atoms with van der Waals surface area (Å²) in [6, 6.07) is 0.395. The predicted octanol–water partition coefficient (Wildman–Crippen LogP) is 3.12. The van der Waals surface area contributed by atoms with Crippen molar-refractivity contribution in [1.29, 1.82) is 0 Å². The van der Waals surface area contributed by atoms with Crippen LogP contribution < -0.4 is 5.32 Å². The predicted molar refractivity (Wildman–Crippen MR) is 69.7 cm³/mol. The van der Waals surface area contributed by atoms with Gasteiger partial charge in [0.15, 0.2) is 0 Å². The Hall–Kier alpha value is -0.310. The molecule has 0 aromatic heterocycles. The molecule has 0 aromatic carbocycles. The Bertz CT molecular complexity index is 316. The van der Waals surface area contributed by atoms with Crippen molar-refractivity contribution in [2.75, 3.05) is 0 Å². The van der Waals surface area contributed by atoms with Crippen molar-refractivity contribution >= 4 is 7.60 Å². The molecule has 1 aliphatic rings. The van der Waals surface area contributed by atoms with E-state index in [1.165, 1.54) is 19.3 Å². The Kier molecular flexibility index (Phi) is 5.71. The molecule has 0 radical (unpaired) electrons. The van der Waals surface area contributed by atoms with Crippen LogP contribution in [-0.4, -0.2) is 15.8 Å². The first-order chi connectivity index (χ1) is 7.99. The van der Waals surface area contributed by atoms with E-state index < -0.39 is 7.60 Å². The molecule has 4 nitrogen and oxygen atoms in total. The number of nitrogens with one attached hydrogen (secondary N) is 1. The molecule has 1 fully saturated rings. The van der Waals surface area contributed by atoms with Crippen LogP contribution in [0.5, 0.6) is 0 Å². The van der Waals surface area contributed by atoms with Gasteiger partial charge in [-0.15, -0.1) is 0 Å². The third kappa shape index (κ3) is 4.46. The van der Waals surface area contributed by atoms with Gasteiger partial charge in [0, 0.05) is 11.7 Å². The van der Waals surface area contributed by atoms with Gasteiger partial charge in [-0.25, -0.2) is 0 Å². The topological polar surface area (TPSA) is 69.6 Å². The molecule has 0 heterocycles. The lowest BCUT2D eigenvalue weighted by Gasteiger charge is -2.26. The van der Waals surface area contributed by atoms with Gasteiger partial charge in [-0.1, -0.05) is 33.1 Å². The Morgan fingerprint density at radius 3 is 2.18 bits per heavy atom. The highest BCUT2D eigenvalue weighted by Crippen LogP contribution is 2.48. The molecular formula is C12H24NO3P. The zero-order valence-electron chi connectivity index (χ0n) is 10.8. The van der Waals surface area contributed by atoms with Crippen molar-refractivity contribution in [3.63, 3.8) is 0 Å². The third-order valence-corrected chi connectivity index (χ3v) is 4.66. The molecule has 17 heavy (non-hydrogen) atoms. The SMILES string of the molecule is CCC(NC1CCCCC1)=C(CC)P(=O)(O)O. The average Bonchev–Trinajstić information content (AvgIpc) is 2.28. The fourth-order valence-corrected chi connectivity index (χ4v) is 3.46. The first-order valence-electron chi connectivity index (χ1n) is 6.53. The summed E-state index contributed by atoms with van der Waals surface area (Å²) in [6.07, 6.45) is 7.00. The van der Waals surface area contributed by atoms with Gasteiger partial charge in [0.05, 0.1) is 5.31 Å². The van der Waals surface area contributed by atoms with Crippen LogP contribution in [0.1, 0.15) is 58.8 Å². The normalized spacial score (nSPS) is 20.0. The molecule has 0 amide bonds. The fraction of sp³-hybridized carbons (Fsp3) is 0.833. The lowest BCUT2D eigenvalue weighted by molar-refractivity contribution is 0.374. The lowest BCUT2D eigenvalue weighted by atomic mass is 9.95. The average molecular weight is 261 g/mol. The van der Waals surface area contributed by atoms with Gasteiger partial charge in [-0.05, 0) is 25.7 Å². The summed E-state index contributed by atoms with van der Waals surface area (Å²) in [7, 11) is -4.10. The minimum atomic E-state index is -4.10. The molecule has 5 heteroatoms. The fourth-order valence-electron chi connectivity index (χ4n) is 2.48. The number of hydrogen-bond acceptors (Lipinski definition) is 2. The first kappa shape index (κ1) is 14.7. The van der Waals surface area contributed by atoms with E-state index in [4.69, 9.17) is 0 Å². The second-order valence-electron chi connectivity index (χ2n) is 4.66. The van der Waals surface area contributed by atoms with Gasteiger partial charge in [-0.3, -0.25) is 4.57 Å². The molecule has 0 bridgehead atoms. The Balaban J connectivity index is 2.80. The summed E-state index contributed by atoms with van der Waals surface area (Å²) >= 11 is 0. The van der Waals surface area contributed by atoms with Gasteiger partial charge in [0.2, 0.25) is 0 Å². The standard InChI is InChI=1S/C12H24NO3P/c1-3-11(12(4-2)17(14,15)16)13-10-8-6-5-7-9-10/h10,13H,3-9H2,1-2H3,(H2,14,15,16). The van der Waals surface area contributed by atoms with Crippen LogP contribution in [0.2, 0.25) is 0 Å². The smallest absolute Gasteiger partial charge is 0.353 e. The second kappa shape index (κ2) is 6.58. The minimum Gasteiger partial charge on any atom is -0.385 e. The van der Waals surface area contributed by atoms with E-state index in [0.29, 0.717) is 18.9 Å². The molecule has 0 saturated heterocycles. The van der Waals surface area contributed by atoms with Gasteiger partial charge in [0.25, 0.3) is 0 Å². The zero-order valence-corrected chi connectivity index (χ0v) is 11.7. The Morgan fingerprint density at radius 1 is 1.18 bits per heavy atom. The first-order valence-corrected chi connectivity index (χ1v) is 8.15. The van der Waals surface area contributed by atoms with Gasteiger partial charge in [0.1, 0.15) is 0 Å². The minimum absolute atomic E-state index is 0.283. The summed E-state index contributed by atoms with van der Waals surface area (Å²) in [6.45, 7) is 3.74. The highest BCUT2D eigenvalue weighted by atomic mass is 31.2. The largest absolute Gasteiger partial charge is 0.385 e. The molecule has 0 atom stereocenters. The molecule has 1 aliphatic carbocycles. The van der Waals surface area contributed by atoms with E-state index in [0.717, 1.165) is 18.5 Å². The van der Waals surface area contributed by atoms with Crippen molar-refractivity contribution < 1.29 is 14.4 Å². The summed E-state index contributed by atoms with van der Waals surface area (Å²) in [5.74, 6) is 0.